The van der Waals surface area contributed by atoms with Gasteiger partial charge in [-0.05, 0) is 67.3 Å². The van der Waals surface area contributed by atoms with E-state index in [1.54, 1.807) is 6.42 Å². The van der Waals surface area contributed by atoms with E-state index < -0.39 is 0 Å². The molecule has 4 fully saturated rings. The van der Waals surface area contributed by atoms with E-state index >= 15 is 0 Å². The van der Waals surface area contributed by atoms with Gasteiger partial charge < -0.3 is 0 Å². The number of nitrogens with one attached hydrogen (secondary N) is 2. The third-order valence-electron chi connectivity index (χ3n) is 6.02. The Balaban J connectivity index is 0.00000132. The lowest BCUT2D eigenvalue weighted by molar-refractivity contribution is -0.0366. The highest BCUT2D eigenvalue weighted by Crippen LogP contribution is 2.56. The van der Waals surface area contributed by atoms with Gasteiger partial charge in [0.05, 0.1) is 0 Å². The van der Waals surface area contributed by atoms with Crippen molar-refractivity contribution < 1.29 is 0 Å². The van der Waals surface area contributed by atoms with E-state index in [4.69, 9.17) is 0 Å². The van der Waals surface area contributed by atoms with Crippen molar-refractivity contribution in [2.75, 3.05) is 6.54 Å². The lowest BCUT2D eigenvalue weighted by Gasteiger charge is -2.54. The van der Waals surface area contributed by atoms with Crippen LogP contribution in [0.2, 0.25) is 0 Å². The molecule has 0 spiro atoms. The molecule has 2 nitrogen and oxygen atoms in total. The van der Waals surface area contributed by atoms with Gasteiger partial charge in [-0.2, -0.15) is 0 Å². The van der Waals surface area contributed by atoms with E-state index in [2.05, 4.69) is 41.2 Å². The molecule has 3 heteroatoms. The summed E-state index contributed by atoms with van der Waals surface area (Å²) in [5.74, 6) is 5.16. The first-order valence-electron chi connectivity index (χ1n) is 8.38. The lowest BCUT2D eigenvalue weighted by atomic mass is 9.52. The number of benzene rings is 1. The first-order valence-corrected chi connectivity index (χ1v) is 8.38. The number of rotatable bonds is 5. The minimum Gasteiger partial charge on any atom is -0.257 e. The van der Waals surface area contributed by atoms with Gasteiger partial charge in [0.15, 0.2) is 0 Å². The van der Waals surface area contributed by atoms with Gasteiger partial charge in [0, 0.05) is 13.1 Å². The molecule has 116 valence electrons. The van der Waals surface area contributed by atoms with Gasteiger partial charge in [0.1, 0.15) is 0 Å². The molecule has 0 radical (unpaired) electrons. The van der Waals surface area contributed by atoms with Gasteiger partial charge in [-0.15, -0.1) is 12.4 Å². The average Bonchev–Trinajstić information content (AvgIpc) is 2.46. The van der Waals surface area contributed by atoms with Gasteiger partial charge in [0.25, 0.3) is 0 Å². The Morgan fingerprint density at radius 2 is 1.43 bits per heavy atom. The first kappa shape index (κ1) is 15.3. The van der Waals surface area contributed by atoms with Crippen LogP contribution in [0.5, 0.6) is 0 Å². The molecule has 0 unspecified atom stereocenters. The van der Waals surface area contributed by atoms with Crippen molar-refractivity contribution in [3.05, 3.63) is 35.9 Å². The van der Waals surface area contributed by atoms with Crippen molar-refractivity contribution >= 4 is 12.4 Å². The van der Waals surface area contributed by atoms with E-state index in [0.29, 0.717) is 0 Å². The van der Waals surface area contributed by atoms with Crippen LogP contribution in [0.15, 0.2) is 30.3 Å². The SMILES string of the molecule is Cl.c1ccc(CNNCC2C3CC4CC(C3)CC2C4)cc1. The molecule has 21 heavy (non-hydrogen) atoms. The van der Waals surface area contributed by atoms with Gasteiger partial charge >= 0.3 is 0 Å². The molecule has 1 aromatic rings. The molecule has 1 aromatic carbocycles. The standard InChI is InChI=1S/C18H26N2.ClH/c1-2-4-13(5-3-1)11-19-20-12-18-16-7-14-6-15(9-16)10-17(18)8-14;/h1-5,14-20H,6-12H2;1H. The van der Waals surface area contributed by atoms with Crippen LogP contribution in [0.3, 0.4) is 0 Å². The van der Waals surface area contributed by atoms with Crippen molar-refractivity contribution in [3.8, 4) is 0 Å². The van der Waals surface area contributed by atoms with Gasteiger partial charge in [-0.25, -0.2) is 0 Å². The molecule has 4 aliphatic carbocycles. The largest absolute Gasteiger partial charge is 0.257 e. The molecular weight excluding hydrogens is 280 g/mol. The topological polar surface area (TPSA) is 24.1 Å². The Bertz CT molecular complexity index is 420. The Hall–Kier alpha value is -0.570. The van der Waals surface area contributed by atoms with E-state index in [-0.39, 0.29) is 12.4 Å². The molecule has 4 bridgehead atoms. The zero-order chi connectivity index (χ0) is 13.4. The fraction of sp³-hybridized carbons (Fsp3) is 0.667. The monoisotopic (exact) mass is 306 g/mol. The van der Waals surface area contributed by atoms with Gasteiger partial charge in [0.2, 0.25) is 0 Å². The fourth-order valence-corrected chi connectivity index (χ4v) is 5.32. The first-order chi connectivity index (χ1) is 9.88. The van der Waals surface area contributed by atoms with Crippen LogP contribution in [0.25, 0.3) is 0 Å². The average molecular weight is 307 g/mol. The Morgan fingerprint density at radius 1 is 0.810 bits per heavy atom. The summed E-state index contributed by atoms with van der Waals surface area (Å²) >= 11 is 0. The zero-order valence-corrected chi connectivity index (χ0v) is 13.4. The molecule has 5 rings (SSSR count). The summed E-state index contributed by atoms with van der Waals surface area (Å²) in [5, 5.41) is 0. The summed E-state index contributed by atoms with van der Waals surface area (Å²) in [4.78, 5) is 0. The Labute approximate surface area is 134 Å². The van der Waals surface area contributed by atoms with Crippen molar-refractivity contribution in [3.63, 3.8) is 0 Å². The van der Waals surface area contributed by atoms with Crippen molar-refractivity contribution in [2.24, 2.45) is 29.6 Å². The van der Waals surface area contributed by atoms with Gasteiger partial charge in [-0.1, -0.05) is 30.3 Å². The van der Waals surface area contributed by atoms with E-state index in [1.165, 1.54) is 37.8 Å². The summed E-state index contributed by atoms with van der Waals surface area (Å²) in [6.45, 7) is 2.09. The molecule has 4 aliphatic rings. The number of halogens is 1. The summed E-state index contributed by atoms with van der Waals surface area (Å²) in [7, 11) is 0. The third-order valence-corrected chi connectivity index (χ3v) is 6.02. The maximum atomic E-state index is 3.51. The summed E-state index contributed by atoms with van der Waals surface area (Å²) in [5.41, 5.74) is 8.27. The maximum absolute atomic E-state index is 3.51. The molecule has 2 N–H and O–H groups in total. The predicted molar refractivity (Wildman–Crippen MR) is 89.1 cm³/mol. The zero-order valence-electron chi connectivity index (χ0n) is 12.6. The third kappa shape index (κ3) is 3.28. The Kier molecular flexibility index (Phi) is 4.88. The van der Waals surface area contributed by atoms with Gasteiger partial charge in [-0.3, -0.25) is 10.9 Å². The summed E-state index contributed by atoms with van der Waals surface area (Å²) in [6.07, 6.45) is 7.66. The quantitative estimate of drug-likeness (QED) is 0.639. The summed E-state index contributed by atoms with van der Waals surface area (Å²) in [6, 6.07) is 10.6. The van der Waals surface area contributed by atoms with Crippen LogP contribution in [0.1, 0.15) is 37.7 Å². The smallest absolute Gasteiger partial charge is 0.0351 e. The Morgan fingerprint density at radius 3 is 2.05 bits per heavy atom. The number of hydrogen-bond donors (Lipinski definition) is 2. The van der Waals surface area contributed by atoms with Crippen LogP contribution < -0.4 is 10.9 Å². The molecule has 0 aliphatic heterocycles. The molecule has 4 saturated carbocycles. The van der Waals surface area contributed by atoms with E-state index in [1.807, 2.05) is 0 Å². The predicted octanol–water partition coefficient (Wildman–Crippen LogP) is 3.77. The molecule has 0 aromatic heterocycles. The molecule has 0 atom stereocenters. The van der Waals surface area contributed by atoms with E-state index in [0.717, 1.165) is 36.1 Å². The normalized spacial score (nSPS) is 36.5. The summed E-state index contributed by atoms with van der Waals surface area (Å²) < 4.78 is 0. The second-order valence-corrected chi connectivity index (χ2v) is 7.31. The highest BCUT2D eigenvalue weighted by Gasteiger charge is 2.47. The van der Waals surface area contributed by atoms with Crippen molar-refractivity contribution in [1.82, 2.24) is 10.9 Å². The number of hydrogen-bond acceptors (Lipinski definition) is 2. The number of hydrazine groups is 1. The van der Waals surface area contributed by atoms with Crippen molar-refractivity contribution in [2.45, 2.75) is 38.6 Å². The second kappa shape index (κ2) is 6.68. The van der Waals surface area contributed by atoms with Crippen molar-refractivity contribution in [1.29, 1.82) is 0 Å². The fourth-order valence-electron chi connectivity index (χ4n) is 5.32. The lowest BCUT2D eigenvalue weighted by Crippen LogP contribution is -2.50. The van der Waals surface area contributed by atoms with Crippen LogP contribution in [0, 0.1) is 29.6 Å². The minimum absolute atomic E-state index is 0. The highest BCUT2D eigenvalue weighted by molar-refractivity contribution is 5.85. The molecular formula is C18H27ClN2. The molecule has 0 heterocycles. The maximum Gasteiger partial charge on any atom is 0.0351 e. The van der Waals surface area contributed by atoms with Crippen LogP contribution in [-0.2, 0) is 6.54 Å². The van der Waals surface area contributed by atoms with Crippen LogP contribution in [-0.4, -0.2) is 6.54 Å². The minimum atomic E-state index is 0. The highest BCUT2D eigenvalue weighted by atomic mass is 35.5. The molecule has 0 amide bonds. The van der Waals surface area contributed by atoms with Crippen LogP contribution >= 0.6 is 12.4 Å². The second-order valence-electron chi connectivity index (χ2n) is 7.31. The van der Waals surface area contributed by atoms with E-state index in [9.17, 15) is 0 Å². The van der Waals surface area contributed by atoms with Crippen LogP contribution in [0.4, 0.5) is 0 Å². The molecule has 0 saturated heterocycles.